The predicted molar refractivity (Wildman–Crippen MR) is 50.1 cm³/mol. The maximum Gasteiger partial charge on any atom is 0.332 e. The Morgan fingerprint density at radius 3 is 2.69 bits per heavy atom. The second kappa shape index (κ2) is 4.89. The normalized spacial score (nSPS) is 39.1. The molecule has 4 N–H and O–H groups in total. The lowest BCUT2D eigenvalue weighted by molar-refractivity contribution is -0.333. The highest BCUT2D eigenvalue weighted by atomic mass is 16.7. The summed E-state index contributed by atoms with van der Waals surface area (Å²) in [6, 6.07) is 0. The van der Waals surface area contributed by atoms with Gasteiger partial charge in [0.1, 0.15) is 18.8 Å². The van der Waals surface area contributed by atoms with Crippen LogP contribution >= 0.6 is 0 Å². The first-order valence-electron chi connectivity index (χ1n) is 4.61. The van der Waals surface area contributed by atoms with Gasteiger partial charge in [0.15, 0.2) is 6.10 Å². The van der Waals surface area contributed by atoms with Gasteiger partial charge in [0, 0.05) is 6.08 Å². The molecule has 1 rings (SSSR count). The molecule has 0 aromatic heterocycles. The second-order valence-electron chi connectivity index (χ2n) is 3.41. The monoisotopic (exact) mass is 234 g/mol. The van der Waals surface area contributed by atoms with E-state index in [-0.39, 0.29) is 6.61 Å². The van der Waals surface area contributed by atoms with Crippen LogP contribution in [0.15, 0.2) is 12.7 Å². The SMILES string of the molecule is C=CC(=O)OC1(CO)OC[C@@H](O)[C@H](O)[C@H]1O. The van der Waals surface area contributed by atoms with Crippen LogP contribution < -0.4 is 0 Å². The van der Waals surface area contributed by atoms with E-state index < -0.39 is 36.7 Å². The van der Waals surface area contributed by atoms with Crippen LogP contribution in [0.3, 0.4) is 0 Å². The summed E-state index contributed by atoms with van der Waals surface area (Å²) in [5.41, 5.74) is 0. The quantitative estimate of drug-likeness (QED) is 0.315. The van der Waals surface area contributed by atoms with Crippen LogP contribution in [-0.2, 0) is 14.3 Å². The Kier molecular flexibility index (Phi) is 4.00. The Morgan fingerprint density at radius 1 is 1.56 bits per heavy atom. The van der Waals surface area contributed by atoms with Gasteiger partial charge in [-0.05, 0) is 0 Å². The third kappa shape index (κ3) is 2.23. The molecule has 7 nitrogen and oxygen atoms in total. The van der Waals surface area contributed by atoms with E-state index in [0.29, 0.717) is 0 Å². The Morgan fingerprint density at radius 2 is 2.19 bits per heavy atom. The van der Waals surface area contributed by atoms with Crippen molar-refractivity contribution in [2.45, 2.75) is 24.1 Å². The fraction of sp³-hybridized carbons (Fsp3) is 0.667. The van der Waals surface area contributed by atoms with E-state index >= 15 is 0 Å². The van der Waals surface area contributed by atoms with E-state index in [2.05, 4.69) is 11.3 Å². The van der Waals surface area contributed by atoms with Crippen molar-refractivity contribution in [3.8, 4) is 0 Å². The van der Waals surface area contributed by atoms with Crippen molar-refractivity contribution < 1.29 is 34.7 Å². The first-order chi connectivity index (χ1) is 7.46. The maximum atomic E-state index is 11.0. The van der Waals surface area contributed by atoms with E-state index in [1.807, 2.05) is 0 Å². The number of rotatable bonds is 3. The number of esters is 1. The molecule has 1 aliphatic rings. The van der Waals surface area contributed by atoms with Gasteiger partial charge < -0.3 is 29.9 Å². The molecule has 7 heteroatoms. The summed E-state index contributed by atoms with van der Waals surface area (Å²) in [5, 5.41) is 37.2. The van der Waals surface area contributed by atoms with Gasteiger partial charge >= 0.3 is 5.97 Å². The van der Waals surface area contributed by atoms with Crippen LogP contribution in [-0.4, -0.2) is 63.7 Å². The van der Waals surface area contributed by atoms with Crippen molar-refractivity contribution in [1.29, 1.82) is 0 Å². The predicted octanol–water partition coefficient (Wildman–Crippen LogP) is -2.48. The van der Waals surface area contributed by atoms with Gasteiger partial charge in [-0.3, -0.25) is 0 Å². The van der Waals surface area contributed by atoms with E-state index in [0.717, 1.165) is 6.08 Å². The van der Waals surface area contributed by atoms with Gasteiger partial charge in [-0.2, -0.15) is 0 Å². The Labute approximate surface area is 91.5 Å². The van der Waals surface area contributed by atoms with Crippen LogP contribution in [0.25, 0.3) is 0 Å². The number of aliphatic hydroxyl groups excluding tert-OH is 4. The minimum atomic E-state index is -2.07. The summed E-state index contributed by atoms with van der Waals surface area (Å²) in [6.45, 7) is 1.92. The molecule has 1 fully saturated rings. The van der Waals surface area contributed by atoms with E-state index in [1.165, 1.54) is 0 Å². The molecule has 1 aliphatic heterocycles. The average Bonchev–Trinajstić information content (AvgIpc) is 2.30. The van der Waals surface area contributed by atoms with Crippen LogP contribution in [0.2, 0.25) is 0 Å². The molecule has 0 amide bonds. The molecule has 0 radical (unpaired) electrons. The number of hydrogen-bond donors (Lipinski definition) is 4. The highest BCUT2D eigenvalue weighted by Gasteiger charge is 2.52. The fourth-order valence-corrected chi connectivity index (χ4v) is 1.35. The minimum Gasteiger partial charge on any atom is -0.424 e. The molecule has 0 aromatic rings. The Hall–Kier alpha value is -0.990. The van der Waals surface area contributed by atoms with Crippen molar-refractivity contribution in [1.82, 2.24) is 0 Å². The number of ether oxygens (including phenoxy) is 2. The highest BCUT2D eigenvalue weighted by molar-refractivity contribution is 5.81. The van der Waals surface area contributed by atoms with Crippen molar-refractivity contribution in [3.63, 3.8) is 0 Å². The van der Waals surface area contributed by atoms with Gasteiger partial charge in [0.05, 0.1) is 6.61 Å². The van der Waals surface area contributed by atoms with Crippen molar-refractivity contribution in [2.75, 3.05) is 13.2 Å². The average molecular weight is 234 g/mol. The first kappa shape index (κ1) is 13.1. The summed E-state index contributed by atoms with van der Waals surface area (Å²) in [6.07, 6.45) is -3.80. The molecule has 16 heavy (non-hydrogen) atoms. The summed E-state index contributed by atoms with van der Waals surface area (Å²) in [7, 11) is 0. The second-order valence-corrected chi connectivity index (χ2v) is 3.41. The van der Waals surface area contributed by atoms with Crippen LogP contribution in [0.1, 0.15) is 0 Å². The lowest BCUT2D eigenvalue weighted by Gasteiger charge is -2.42. The van der Waals surface area contributed by atoms with E-state index in [4.69, 9.17) is 9.84 Å². The van der Waals surface area contributed by atoms with Crippen molar-refractivity contribution in [3.05, 3.63) is 12.7 Å². The van der Waals surface area contributed by atoms with Crippen LogP contribution in [0, 0.1) is 0 Å². The van der Waals surface area contributed by atoms with Crippen molar-refractivity contribution >= 4 is 5.97 Å². The fourth-order valence-electron chi connectivity index (χ4n) is 1.35. The van der Waals surface area contributed by atoms with Gasteiger partial charge in [0.25, 0.3) is 5.79 Å². The van der Waals surface area contributed by atoms with E-state index in [1.54, 1.807) is 0 Å². The van der Waals surface area contributed by atoms with Crippen LogP contribution in [0.4, 0.5) is 0 Å². The summed E-state index contributed by atoms with van der Waals surface area (Å²) in [4.78, 5) is 11.0. The summed E-state index contributed by atoms with van der Waals surface area (Å²) >= 11 is 0. The lowest BCUT2D eigenvalue weighted by Crippen LogP contribution is -2.64. The lowest BCUT2D eigenvalue weighted by atomic mass is 9.97. The molecule has 92 valence electrons. The molecule has 0 aliphatic carbocycles. The molecule has 0 spiro atoms. The van der Waals surface area contributed by atoms with Gasteiger partial charge in [-0.25, -0.2) is 4.79 Å². The highest BCUT2D eigenvalue weighted by Crippen LogP contribution is 2.27. The number of aliphatic hydroxyl groups is 4. The molecule has 1 unspecified atom stereocenters. The molecular weight excluding hydrogens is 220 g/mol. The summed E-state index contributed by atoms with van der Waals surface area (Å²) in [5.74, 6) is -2.99. The Bertz CT molecular complexity index is 279. The molecule has 0 bridgehead atoms. The standard InChI is InChI=1S/C9H14O7/c1-2-6(12)16-9(4-10)8(14)7(13)5(11)3-15-9/h2,5,7-8,10-11,13-14H,1,3-4H2/t5-,7+,8-,9?/m1/s1. The zero-order valence-corrected chi connectivity index (χ0v) is 8.44. The molecule has 1 saturated heterocycles. The minimum absolute atomic E-state index is 0.372. The first-order valence-corrected chi connectivity index (χ1v) is 4.61. The third-order valence-electron chi connectivity index (χ3n) is 2.33. The van der Waals surface area contributed by atoms with Gasteiger partial charge in [0.2, 0.25) is 0 Å². The molecule has 0 aromatic carbocycles. The van der Waals surface area contributed by atoms with E-state index in [9.17, 15) is 20.1 Å². The maximum absolute atomic E-state index is 11.0. The number of carbonyl (C=O) groups is 1. The number of carbonyl (C=O) groups excluding carboxylic acids is 1. The molecule has 1 heterocycles. The van der Waals surface area contributed by atoms with Gasteiger partial charge in [-0.1, -0.05) is 6.58 Å². The van der Waals surface area contributed by atoms with Gasteiger partial charge in [-0.15, -0.1) is 0 Å². The van der Waals surface area contributed by atoms with Crippen molar-refractivity contribution in [2.24, 2.45) is 0 Å². The van der Waals surface area contributed by atoms with Crippen LogP contribution in [0.5, 0.6) is 0 Å². The number of hydrogen-bond acceptors (Lipinski definition) is 7. The Balaban J connectivity index is 2.86. The smallest absolute Gasteiger partial charge is 0.332 e. The molecular formula is C9H14O7. The zero-order chi connectivity index (χ0) is 12.3. The molecule has 4 atom stereocenters. The summed E-state index contributed by atoms with van der Waals surface area (Å²) < 4.78 is 9.54. The molecule has 0 saturated carbocycles. The largest absolute Gasteiger partial charge is 0.424 e. The topological polar surface area (TPSA) is 116 Å². The zero-order valence-electron chi connectivity index (χ0n) is 8.44. The third-order valence-corrected chi connectivity index (χ3v) is 2.33.